The standard InChI is InChI=1S/C24H21FN2O4S/c1-2-31-20-13-19(25)14-22(15-20)32(29,30)21-7-3-17(4-8-21)5-9-23(28)18-6-10-24-26-11-12-27(24)16-18/h3-4,6-8,10-16H,2,5,9H2,1H3. The van der Waals surface area contributed by atoms with Gasteiger partial charge in [0.2, 0.25) is 9.84 Å². The molecular formula is C24H21FN2O4S. The summed E-state index contributed by atoms with van der Waals surface area (Å²) in [7, 11) is -3.90. The zero-order valence-electron chi connectivity index (χ0n) is 17.4. The summed E-state index contributed by atoms with van der Waals surface area (Å²) < 4.78 is 46.7. The number of sulfone groups is 1. The van der Waals surface area contributed by atoms with Crippen LogP contribution in [0.3, 0.4) is 0 Å². The minimum atomic E-state index is -3.90. The number of Topliss-reactive ketones (excluding diaryl/α,β-unsaturated/α-hetero) is 1. The molecule has 0 N–H and O–H groups in total. The van der Waals surface area contributed by atoms with Gasteiger partial charge in [0.05, 0.1) is 16.4 Å². The fourth-order valence-corrected chi connectivity index (χ4v) is 4.71. The van der Waals surface area contributed by atoms with E-state index in [-0.39, 0.29) is 27.7 Å². The van der Waals surface area contributed by atoms with Gasteiger partial charge in [-0.25, -0.2) is 17.8 Å². The highest BCUT2D eigenvalue weighted by Gasteiger charge is 2.20. The number of hydrogen-bond acceptors (Lipinski definition) is 5. The third-order valence-electron chi connectivity index (χ3n) is 5.05. The van der Waals surface area contributed by atoms with Crippen molar-refractivity contribution in [1.82, 2.24) is 9.38 Å². The molecule has 32 heavy (non-hydrogen) atoms. The van der Waals surface area contributed by atoms with Crippen LogP contribution >= 0.6 is 0 Å². The third-order valence-corrected chi connectivity index (χ3v) is 6.80. The Bertz CT molecular complexity index is 1380. The Kier molecular flexibility index (Phi) is 6.05. The smallest absolute Gasteiger partial charge is 0.206 e. The second kappa shape index (κ2) is 8.92. The van der Waals surface area contributed by atoms with Crippen LogP contribution in [0.15, 0.2) is 83.0 Å². The van der Waals surface area contributed by atoms with Crippen LogP contribution < -0.4 is 4.74 Å². The average Bonchev–Trinajstić information content (AvgIpc) is 3.25. The molecule has 0 bridgehead atoms. The van der Waals surface area contributed by atoms with Crippen LogP contribution in [0.1, 0.15) is 29.3 Å². The predicted molar refractivity (Wildman–Crippen MR) is 117 cm³/mol. The molecule has 0 amide bonds. The number of fused-ring (bicyclic) bond motifs is 1. The SMILES string of the molecule is CCOc1cc(F)cc(S(=O)(=O)c2ccc(CCC(=O)c3ccc4nccn4c3)cc2)c1. The molecule has 0 saturated carbocycles. The predicted octanol–water partition coefficient (Wildman–Crippen LogP) is 4.52. The molecule has 2 heterocycles. The number of hydrogen-bond donors (Lipinski definition) is 0. The van der Waals surface area contributed by atoms with Crippen LogP contribution in [0.2, 0.25) is 0 Å². The molecule has 0 spiro atoms. The number of ether oxygens (including phenoxy) is 1. The van der Waals surface area contributed by atoms with E-state index in [1.54, 1.807) is 54.2 Å². The first-order chi connectivity index (χ1) is 15.4. The Morgan fingerprint density at radius 1 is 1.06 bits per heavy atom. The van der Waals surface area contributed by atoms with Gasteiger partial charge in [0.15, 0.2) is 5.78 Å². The van der Waals surface area contributed by atoms with Crippen LogP contribution in [0.5, 0.6) is 5.75 Å². The number of aromatic nitrogens is 2. The Hall–Kier alpha value is -3.52. The fraction of sp³-hybridized carbons (Fsp3) is 0.167. The van der Waals surface area contributed by atoms with Gasteiger partial charge in [-0.1, -0.05) is 12.1 Å². The first-order valence-electron chi connectivity index (χ1n) is 10.1. The van der Waals surface area contributed by atoms with Crippen molar-refractivity contribution in [3.63, 3.8) is 0 Å². The molecule has 164 valence electrons. The second-order valence-electron chi connectivity index (χ2n) is 7.24. The van der Waals surface area contributed by atoms with E-state index in [2.05, 4.69) is 4.98 Å². The van der Waals surface area contributed by atoms with E-state index in [0.717, 1.165) is 23.3 Å². The van der Waals surface area contributed by atoms with Gasteiger partial charge in [0, 0.05) is 36.6 Å². The molecule has 0 aliphatic heterocycles. The number of pyridine rings is 1. The molecule has 0 fully saturated rings. The lowest BCUT2D eigenvalue weighted by Gasteiger charge is -2.09. The summed E-state index contributed by atoms with van der Waals surface area (Å²) >= 11 is 0. The van der Waals surface area contributed by atoms with Crippen molar-refractivity contribution in [2.45, 2.75) is 29.6 Å². The largest absolute Gasteiger partial charge is 0.494 e. The number of imidazole rings is 1. The van der Waals surface area contributed by atoms with E-state index >= 15 is 0 Å². The maximum Gasteiger partial charge on any atom is 0.206 e. The van der Waals surface area contributed by atoms with Crippen molar-refractivity contribution < 1.29 is 22.3 Å². The van der Waals surface area contributed by atoms with E-state index in [9.17, 15) is 17.6 Å². The molecule has 0 saturated heterocycles. The van der Waals surface area contributed by atoms with Crippen LogP contribution in [0.4, 0.5) is 4.39 Å². The van der Waals surface area contributed by atoms with E-state index in [1.807, 2.05) is 0 Å². The number of nitrogens with zero attached hydrogens (tertiary/aromatic N) is 2. The van der Waals surface area contributed by atoms with Crippen LogP contribution in [-0.2, 0) is 16.3 Å². The topological polar surface area (TPSA) is 77.7 Å². The Balaban J connectivity index is 1.47. The summed E-state index contributed by atoms with van der Waals surface area (Å²) in [6, 6.07) is 13.2. The van der Waals surface area contributed by atoms with Crippen molar-refractivity contribution in [3.05, 3.63) is 90.1 Å². The zero-order valence-corrected chi connectivity index (χ0v) is 18.2. The van der Waals surface area contributed by atoms with Crippen molar-refractivity contribution in [2.24, 2.45) is 0 Å². The molecular weight excluding hydrogens is 431 g/mol. The first-order valence-corrected chi connectivity index (χ1v) is 11.6. The molecule has 0 radical (unpaired) electrons. The monoisotopic (exact) mass is 452 g/mol. The van der Waals surface area contributed by atoms with Gasteiger partial charge in [0.1, 0.15) is 17.2 Å². The quantitative estimate of drug-likeness (QED) is 0.367. The van der Waals surface area contributed by atoms with Gasteiger partial charge >= 0.3 is 0 Å². The van der Waals surface area contributed by atoms with Crippen LogP contribution in [-0.4, -0.2) is 30.2 Å². The van der Waals surface area contributed by atoms with Gasteiger partial charge in [-0.15, -0.1) is 0 Å². The number of aryl methyl sites for hydroxylation is 1. The Morgan fingerprint density at radius 2 is 1.84 bits per heavy atom. The molecule has 0 atom stereocenters. The third kappa shape index (κ3) is 4.55. The Morgan fingerprint density at radius 3 is 2.59 bits per heavy atom. The summed E-state index contributed by atoms with van der Waals surface area (Å²) in [5.74, 6) is -0.533. The lowest BCUT2D eigenvalue weighted by Crippen LogP contribution is -2.05. The summed E-state index contributed by atoms with van der Waals surface area (Å²) in [6.45, 7) is 2.03. The number of ketones is 1. The highest BCUT2D eigenvalue weighted by atomic mass is 32.2. The van der Waals surface area contributed by atoms with Gasteiger partial charge in [-0.05, 0) is 55.3 Å². The summed E-state index contributed by atoms with van der Waals surface area (Å²) in [5.41, 5.74) is 2.19. The molecule has 8 heteroatoms. The summed E-state index contributed by atoms with van der Waals surface area (Å²) in [6.07, 6.45) is 5.95. The van der Waals surface area contributed by atoms with Gasteiger partial charge in [-0.3, -0.25) is 4.79 Å². The van der Waals surface area contributed by atoms with Crippen LogP contribution in [0.25, 0.3) is 5.65 Å². The highest BCUT2D eigenvalue weighted by Crippen LogP contribution is 2.26. The minimum Gasteiger partial charge on any atom is -0.494 e. The zero-order chi connectivity index (χ0) is 22.7. The molecule has 2 aromatic heterocycles. The second-order valence-corrected chi connectivity index (χ2v) is 9.19. The van der Waals surface area contributed by atoms with Crippen molar-refractivity contribution >= 4 is 21.3 Å². The number of rotatable bonds is 8. The van der Waals surface area contributed by atoms with Gasteiger partial charge in [0.25, 0.3) is 0 Å². The van der Waals surface area contributed by atoms with E-state index < -0.39 is 15.7 Å². The molecule has 0 aliphatic carbocycles. The molecule has 2 aromatic carbocycles. The molecule has 4 aromatic rings. The van der Waals surface area contributed by atoms with Crippen LogP contribution in [0, 0.1) is 5.82 Å². The summed E-state index contributed by atoms with van der Waals surface area (Å²) in [5, 5.41) is 0. The maximum absolute atomic E-state index is 13.9. The average molecular weight is 453 g/mol. The normalized spacial score (nSPS) is 11.6. The summed E-state index contributed by atoms with van der Waals surface area (Å²) in [4.78, 5) is 16.6. The number of benzene rings is 2. The van der Waals surface area contributed by atoms with Crippen molar-refractivity contribution in [3.8, 4) is 5.75 Å². The van der Waals surface area contributed by atoms with Gasteiger partial charge in [-0.2, -0.15) is 0 Å². The minimum absolute atomic E-state index is 0.0134. The number of carbonyl (C=O) groups is 1. The lowest BCUT2D eigenvalue weighted by atomic mass is 10.0. The highest BCUT2D eigenvalue weighted by molar-refractivity contribution is 7.91. The molecule has 0 aliphatic rings. The maximum atomic E-state index is 13.9. The van der Waals surface area contributed by atoms with E-state index in [0.29, 0.717) is 18.6 Å². The number of halogens is 1. The number of carbonyl (C=O) groups excluding carboxylic acids is 1. The molecule has 4 rings (SSSR count). The van der Waals surface area contributed by atoms with Crippen molar-refractivity contribution in [1.29, 1.82) is 0 Å². The fourth-order valence-electron chi connectivity index (χ4n) is 3.40. The Labute approximate surface area is 185 Å². The molecule has 6 nitrogen and oxygen atoms in total. The van der Waals surface area contributed by atoms with E-state index in [4.69, 9.17) is 4.74 Å². The lowest BCUT2D eigenvalue weighted by molar-refractivity contribution is 0.0982. The molecule has 0 unspecified atom stereocenters. The first kappa shape index (κ1) is 21.7. The van der Waals surface area contributed by atoms with E-state index in [1.165, 1.54) is 18.2 Å². The van der Waals surface area contributed by atoms with Crippen molar-refractivity contribution in [2.75, 3.05) is 6.61 Å². The van der Waals surface area contributed by atoms with Gasteiger partial charge < -0.3 is 9.14 Å².